The predicted molar refractivity (Wildman–Crippen MR) is 80.7 cm³/mol. The van der Waals surface area contributed by atoms with Crippen molar-refractivity contribution in [3.63, 3.8) is 0 Å². The van der Waals surface area contributed by atoms with Crippen LogP contribution in [0.3, 0.4) is 0 Å². The third kappa shape index (κ3) is 2.77. The van der Waals surface area contributed by atoms with Crippen LogP contribution < -0.4 is 5.73 Å². The number of rotatable bonds is 2. The number of nitrogens with zero attached hydrogens (tertiary/aromatic N) is 1. The van der Waals surface area contributed by atoms with Gasteiger partial charge in [-0.3, -0.25) is 0 Å². The number of sulfonamides is 1. The standard InChI is InChI=1S/C12H16BrClN2O2S/c1-7-3-8(2)16(6-7)19(17,18)11-5-9(14)4-10(15)12(11)13/h4-5,7-8H,3,6,15H2,1-2H3. The van der Waals surface area contributed by atoms with Gasteiger partial charge >= 0.3 is 0 Å². The van der Waals surface area contributed by atoms with Gasteiger partial charge in [-0.2, -0.15) is 4.31 Å². The fourth-order valence-corrected chi connectivity index (χ4v) is 5.51. The summed E-state index contributed by atoms with van der Waals surface area (Å²) in [4.78, 5) is 0.137. The first-order chi connectivity index (χ1) is 8.73. The average molecular weight is 368 g/mol. The van der Waals surface area contributed by atoms with E-state index in [2.05, 4.69) is 15.9 Å². The zero-order chi connectivity index (χ0) is 14.4. The summed E-state index contributed by atoms with van der Waals surface area (Å²) in [5.74, 6) is 0.361. The van der Waals surface area contributed by atoms with Gasteiger partial charge in [-0.25, -0.2) is 8.42 Å². The number of benzene rings is 1. The zero-order valence-corrected chi connectivity index (χ0v) is 13.9. The van der Waals surface area contributed by atoms with Gasteiger partial charge in [-0.05, 0) is 47.3 Å². The van der Waals surface area contributed by atoms with Crippen molar-refractivity contribution in [2.75, 3.05) is 12.3 Å². The number of hydrogen-bond donors (Lipinski definition) is 1. The fourth-order valence-electron chi connectivity index (χ4n) is 2.50. The summed E-state index contributed by atoms with van der Waals surface area (Å²) in [7, 11) is -3.57. The topological polar surface area (TPSA) is 63.4 Å². The Hall–Kier alpha value is -0.300. The van der Waals surface area contributed by atoms with Gasteiger partial charge in [0.05, 0.1) is 9.37 Å². The highest BCUT2D eigenvalue weighted by Crippen LogP contribution is 2.36. The van der Waals surface area contributed by atoms with E-state index >= 15 is 0 Å². The second-order valence-corrected chi connectivity index (χ2v) is 8.16. The molecule has 4 nitrogen and oxygen atoms in total. The van der Waals surface area contributed by atoms with Crippen LogP contribution in [0.15, 0.2) is 21.5 Å². The van der Waals surface area contributed by atoms with Gasteiger partial charge in [-0.1, -0.05) is 18.5 Å². The molecule has 1 aromatic carbocycles. The lowest BCUT2D eigenvalue weighted by Crippen LogP contribution is -2.34. The third-order valence-electron chi connectivity index (χ3n) is 3.35. The SMILES string of the molecule is CC1CC(C)N(S(=O)(=O)c2cc(Cl)cc(N)c2Br)C1. The van der Waals surface area contributed by atoms with Crippen LogP contribution >= 0.6 is 27.5 Å². The van der Waals surface area contributed by atoms with Crippen LogP contribution in [0, 0.1) is 5.92 Å². The maximum atomic E-state index is 12.7. The molecule has 19 heavy (non-hydrogen) atoms. The number of halogens is 2. The molecule has 0 spiro atoms. The van der Waals surface area contributed by atoms with Crippen LogP contribution in [0.4, 0.5) is 5.69 Å². The minimum Gasteiger partial charge on any atom is -0.398 e. The lowest BCUT2D eigenvalue weighted by atomic mass is 10.1. The van der Waals surface area contributed by atoms with Gasteiger partial charge < -0.3 is 5.73 Å². The molecule has 0 bridgehead atoms. The summed E-state index contributed by atoms with van der Waals surface area (Å²) in [6.07, 6.45) is 0.868. The Morgan fingerprint density at radius 1 is 1.42 bits per heavy atom. The number of nitrogens with two attached hydrogens (primary N) is 1. The quantitative estimate of drug-likeness (QED) is 0.817. The first-order valence-corrected chi connectivity index (χ1v) is 8.61. The van der Waals surface area contributed by atoms with Gasteiger partial charge in [0.15, 0.2) is 0 Å². The van der Waals surface area contributed by atoms with E-state index < -0.39 is 10.0 Å². The molecule has 0 radical (unpaired) electrons. The highest BCUT2D eigenvalue weighted by molar-refractivity contribution is 9.10. The number of anilines is 1. The van der Waals surface area contributed by atoms with Crippen LogP contribution in [-0.2, 0) is 10.0 Å². The Labute approximate surface area is 127 Å². The summed E-state index contributed by atoms with van der Waals surface area (Å²) in [6, 6.07) is 2.96. The maximum absolute atomic E-state index is 12.7. The van der Waals surface area contributed by atoms with E-state index in [4.69, 9.17) is 17.3 Å². The molecule has 0 aromatic heterocycles. The Morgan fingerprint density at radius 3 is 2.58 bits per heavy atom. The van der Waals surface area contributed by atoms with E-state index in [1.165, 1.54) is 16.4 Å². The van der Waals surface area contributed by atoms with Gasteiger partial charge in [0.1, 0.15) is 0 Å². The van der Waals surface area contributed by atoms with E-state index in [0.29, 0.717) is 27.6 Å². The van der Waals surface area contributed by atoms with Crippen LogP contribution in [0.5, 0.6) is 0 Å². The molecular weight excluding hydrogens is 352 g/mol. The van der Waals surface area contributed by atoms with Crippen molar-refractivity contribution < 1.29 is 8.42 Å². The van der Waals surface area contributed by atoms with Crippen molar-refractivity contribution >= 4 is 43.2 Å². The van der Waals surface area contributed by atoms with Gasteiger partial charge in [-0.15, -0.1) is 0 Å². The summed E-state index contributed by atoms with van der Waals surface area (Å²) < 4.78 is 27.3. The molecule has 2 N–H and O–H groups in total. The Bertz CT molecular complexity index is 606. The zero-order valence-electron chi connectivity index (χ0n) is 10.7. The van der Waals surface area contributed by atoms with Crippen molar-refractivity contribution in [3.05, 3.63) is 21.6 Å². The van der Waals surface area contributed by atoms with Gasteiger partial charge in [0, 0.05) is 23.3 Å². The van der Waals surface area contributed by atoms with E-state index in [0.717, 1.165) is 6.42 Å². The number of hydrogen-bond acceptors (Lipinski definition) is 3. The normalized spacial score (nSPS) is 24.8. The van der Waals surface area contributed by atoms with E-state index in [1.807, 2.05) is 13.8 Å². The minimum absolute atomic E-state index is 0.00731. The van der Waals surface area contributed by atoms with Crippen molar-refractivity contribution in [3.8, 4) is 0 Å². The van der Waals surface area contributed by atoms with Crippen molar-refractivity contribution in [2.24, 2.45) is 5.92 Å². The summed E-state index contributed by atoms with van der Waals surface area (Å²) >= 11 is 9.16. The van der Waals surface area contributed by atoms with E-state index in [9.17, 15) is 8.42 Å². The average Bonchev–Trinajstić information content (AvgIpc) is 2.63. The number of nitrogen functional groups attached to an aromatic ring is 1. The van der Waals surface area contributed by atoms with Crippen LogP contribution in [0.1, 0.15) is 20.3 Å². The summed E-state index contributed by atoms with van der Waals surface area (Å²) in [5, 5.41) is 0.319. The molecule has 2 rings (SSSR count). The summed E-state index contributed by atoms with van der Waals surface area (Å²) in [6.45, 7) is 4.50. The minimum atomic E-state index is -3.57. The second-order valence-electron chi connectivity index (χ2n) is 5.07. The summed E-state index contributed by atoms with van der Waals surface area (Å²) in [5.41, 5.74) is 6.09. The first-order valence-electron chi connectivity index (χ1n) is 6.00. The fraction of sp³-hybridized carbons (Fsp3) is 0.500. The molecule has 0 amide bonds. The lowest BCUT2D eigenvalue weighted by Gasteiger charge is -2.22. The van der Waals surface area contributed by atoms with Crippen molar-refractivity contribution in [1.82, 2.24) is 4.31 Å². The van der Waals surface area contributed by atoms with Gasteiger partial charge in [0.25, 0.3) is 0 Å². The molecule has 2 unspecified atom stereocenters. The molecule has 1 aromatic rings. The Kier molecular flexibility index (Phi) is 4.16. The smallest absolute Gasteiger partial charge is 0.244 e. The molecule has 1 aliphatic rings. The molecule has 2 atom stereocenters. The molecule has 1 aliphatic heterocycles. The highest BCUT2D eigenvalue weighted by atomic mass is 79.9. The van der Waals surface area contributed by atoms with Gasteiger partial charge in [0.2, 0.25) is 10.0 Å². The second kappa shape index (κ2) is 5.24. The molecule has 1 fully saturated rings. The molecule has 0 aliphatic carbocycles. The van der Waals surface area contributed by atoms with E-state index in [-0.39, 0.29) is 10.9 Å². The Morgan fingerprint density at radius 2 is 2.05 bits per heavy atom. The maximum Gasteiger partial charge on any atom is 0.244 e. The van der Waals surface area contributed by atoms with Crippen LogP contribution in [0.2, 0.25) is 5.02 Å². The predicted octanol–water partition coefficient (Wildman–Crippen LogP) is 3.10. The van der Waals surface area contributed by atoms with Crippen LogP contribution in [-0.4, -0.2) is 25.3 Å². The molecule has 7 heteroatoms. The van der Waals surface area contributed by atoms with Crippen molar-refractivity contribution in [1.29, 1.82) is 0 Å². The van der Waals surface area contributed by atoms with Crippen molar-refractivity contribution in [2.45, 2.75) is 31.2 Å². The van der Waals surface area contributed by atoms with Crippen LogP contribution in [0.25, 0.3) is 0 Å². The van der Waals surface area contributed by atoms with E-state index in [1.54, 1.807) is 0 Å². The molecule has 1 saturated heterocycles. The molecular formula is C12H16BrClN2O2S. The third-order valence-corrected chi connectivity index (χ3v) is 6.72. The highest BCUT2D eigenvalue weighted by Gasteiger charge is 2.37. The lowest BCUT2D eigenvalue weighted by molar-refractivity contribution is 0.405. The molecule has 1 heterocycles. The largest absolute Gasteiger partial charge is 0.398 e. The molecule has 0 saturated carbocycles. The Balaban J connectivity index is 2.52. The molecule has 106 valence electrons. The first kappa shape index (κ1) is 15.1. The monoisotopic (exact) mass is 366 g/mol.